The number of nitrogens with zero attached hydrogens (tertiary/aromatic N) is 2. The Morgan fingerprint density at radius 1 is 1.18 bits per heavy atom. The molecule has 33 heavy (non-hydrogen) atoms. The van der Waals surface area contributed by atoms with Crippen molar-refractivity contribution in [2.45, 2.75) is 39.7 Å². The van der Waals surface area contributed by atoms with E-state index in [2.05, 4.69) is 23.4 Å². The lowest BCUT2D eigenvalue weighted by Crippen LogP contribution is -2.26. The number of aryl methyl sites for hydroxylation is 1. The van der Waals surface area contributed by atoms with Crippen molar-refractivity contribution in [2.24, 2.45) is 5.92 Å². The first-order valence-corrected chi connectivity index (χ1v) is 11.2. The maximum Gasteiger partial charge on any atom is 0.222 e. The minimum atomic E-state index is -0.625. The molecule has 0 aliphatic carbocycles. The van der Waals surface area contributed by atoms with Crippen LogP contribution >= 0.6 is 0 Å². The van der Waals surface area contributed by atoms with Crippen LogP contribution in [0.15, 0.2) is 47.4 Å². The summed E-state index contributed by atoms with van der Waals surface area (Å²) in [5, 5.41) is 0. The van der Waals surface area contributed by atoms with E-state index in [9.17, 15) is 9.18 Å². The molecule has 174 valence electrons. The van der Waals surface area contributed by atoms with E-state index in [4.69, 9.17) is 14.2 Å². The minimum Gasteiger partial charge on any atom is -0.490 e. The predicted molar refractivity (Wildman–Crippen MR) is 125 cm³/mol. The largest absolute Gasteiger partial charge is 0.490 e. The van der Waals surface area contributed by atoms with Gasteiger partial charge in [0.1, 0.15) is 0 Å². The Morgan fingerprint density at radius 2 is 2.00 bits per heavy atom. The number of halogens is 1. The van der Waals surface area contributed by atoms with Crippen molar-refractivity contribution in [1.29, 1.82) is 0 Å². The van der Waals surface area contributed by atoms with E-state index in [0.717, 1.165) is 29.7 Å². The maximum atomic E-state index is 13.7. The first-order valence-electron chi connectivity index (χ1n) is 11.2. The highest BCUT2D eigenvalue weighted by molar-refractivity contribution is 5.71. The zero-order valence-corrected chi connectivity index (χ0v) is 19.4. The van der Waals surface area contributed by atoms with Gasteiger partial charge in [0.05, 0.1) is 12.3 Å². The van der Waals surface area contributed by atoms with Crippen LogP contribution in [0, 0.1) is 18.8 Å². The zero-order valence-electron chi connectivity index (χ0n) is 19.4. The van der Waals surface area contributed by atoms with E-state index in [1.807, 2.05) is 25.3 Å². The first kappa shape index (κ1) is 23.0. The highest BCUT2D eigenvalue weighted by atomic mass is 19.1. The second-order valence-corrected chi connectivity index (χ2v) is 8.68. The molecule has 0 radical (unpaired) electrons. The third-order valence-electron chi connectivity index (χ3n) is 5.92. The number of fused-ring (bicyclic) bond motifs is 3. The average Bonchev–Trinajstić information content (AvgIpc) is 2.77. The van der Waals surface area contributed by atoms with Crippen molar-refractivity contribution in [3.8, 4) is 28.6 Å². The van der Waals surface area contributed by atoms with Crippen molar-refractivity contribution in [2.75, 3.05) is 20.3 Å². The molecule has 0 N–H and O–H groups in total. The van der Waals surface area contributed by atoms with Crippen molar-refractivity contribution in [1.82, 2.24) is 9.55 Å². The quantitative estimate of drug-likeness (QED) is 0.342. The van der Waals surface area contributed by atoms with Gasteiger partial charge in [0.15, 0.2) is 16.9 Å². The first-order chi connectivity index (χ1) is 15.9. The summed E-state index contributed by atoms with van der Waals surface area (Å²) in [5.41, 5.74) is 3.53. The van der Waals surface area contributed by atoms with E-state index < -0.39 is 5.95 Å². The Morgan fingerprint density at radius 3 is 2.73 bits per heavy atom. The zero-order chi connectivity index (χ0) is 23.5. The van der Waals surface area contributed by atoms with E-state index in [1.165, 1.54) is 6.07 Å². The van der Waals surface area contributed by atoms with Crippen LogP contribution in [0.5, 0.6) is 17.4 Å². The topological polar surface area (TPSA) is 62.6 Å². The summed E-state index contributed by atoms with van der Waals surface area (Å²) in [7, 11) is 1.65. The van der Waals surface area contributed by atoms with Gasteiger partial charge < -0.3 is 18.8 Å². The van der Waals surface area contributed by atoms with Crippen molar-refractivity contribution in [3.05, 3.63) is 69.9 Å². The molecule has 1 atom stereocenters. The van der Waals surface area contributed by atoms with Crippen LogP contribution in [-0.4, -0.2) is 29.9 Å². The Balaban J connectivity index is 1.81. The number of ether oxygens (including phenoxy) is 3. The third kappa shape index (κ3) is 4.93. The van der Waals surface area contributed by atoms with Crippen LogP contribution in [0.2, 0.25) is 0 Å². The van der Waals surface area contributed by atoms with E-state index in [-0.39, 0.29) is 17.4 Å². The second-order valence-electron chi connectivity index (χ2n) is 8.68. The number of methoxy groups -OCH3 is 1. The molecule has 7 heteroatoms. The summed E-state index contributed by atoms with van der Waals surface area (Å²) >= 11 is 0. The molecular weight excluding hydrogens is 423 g/mol. The molecule has 0 saturated heterocycles. The number of hydrogen-bond acceptors (Lipinski definition) is 5. The van der Waals surface area contributed by atoms with Crippen molar-refractivity contribution in [3.63, 3.8) is 0 Å². The molecule has 4 rings (SSSR count). The Kier molecular flexibility index (Phi) is 6.79. The lowest BCUT2D eigenvalue weighted by atomic mass is 9.87. The summed E-state index contributed by atoms with van der Waals surface area (Å²) in [6.45, 7) is 7.23. The predicted octanol–water partition coefficient (Wildman–Crippen LogP) is 5.32. The molecule has 0 spiro atoms. The molecule has 3 aromatic rings. The van der Waals surface area contributed by atoms with E-state index in [1.54, 1.807) is 25.3 Å². The highest BCUT2D eigenvalue weighted by Gasteiger charge is 2.28. The standard InChI is InChI=1S/C26H29FN2O4/c1-16(2)20-11-18-12-23(32-10-6-9-31-4)24(33-26-8-5-7-25(27)28-26)13-19(18)21-14-22(30)17(3)15-29(20)21/h5,7-8,12-16,20H,6,9-11H2,1-4H3. The summed E-state index contributed by atoms with van der Waals surface area (Å²) < 4.78 is 33.0. The molecule has 1 aliphatic rings. The molecule has 0 bridgehead atoms. The fraction of sp³-hybridized carbons (Fsp3) is 0.385. The van der Waals surface area contributed by atoms with Crippen LogP contribution in [0.4, 0.5) is 4.39 Å². The average molecular weight is 453 g/mol. The van der Waals surface area contributed by atoms with Gasteiger partial charge in [-0.05, 0) is 43.0 Å². The summed E-state index contributed by atoms with van der Waals surface area (Å²) in [6.07, 6.45) is 3.46. The third-order valence-corrected chi connectivity index (χ3v) is 5.92. The molecule has 1 aliphatic heterocycles. The molecule has 2 aromatic heterocycles. The van der Waals surface area contributed by atoms with Crippen LogP contribution in [0.3, 0.4) is 0 Å². The molecule has 0 fully saturated rings. The van der Waals surface area contributed by atoms with Gasteiger partial charge in [-0.2, -0.15) is 9.37 Å². The van der Waals surface area contributed by atoms with Gasteiger partial charge in [0.25, 0.3) is 0 Å². The molecule has 0 amide bonds. The van der Waals surface area contributed by atoms with Gasteiger partial charge in [0.2, 0.25) is 11.8 Å². The molecule has 1 aromatic carbocycles. The lowest BCUT2D eigenvalue weighted by molar-refractivity contribution is 0.171. The fourth-order valence-corrected chi connectivity index (χ4v) is 4.17. The second kappa shape index (κ2) is 9.75. The molecule has 1 unspecified atom stereocenters. The number of hydrogen-bond donors (Lipinski definition) is 0. The molecule has 0 saturated carbocycles. The SMILES string of the molecule is COCCCOc1cc2c(cc1Oc1cccc(F)n1)-c1cc(=O)c(C)cn1C(C(C)C)C2. The minimum absolute atomic E-state index is 0.00855. The van der Waals surface area contributed by atoms with Gasteiger partial charge in [0, 0.05) is 55.6 Å². The maximum absolute atomic E-state index is 13.7. The highest BCUT2D eigenvalue weighted by Crippen LogP contribution is 2.43. The van der Waals surface area contributed by atoms with Crippen LogP contribution in [0.25, 0.3) is 11.3 Å². The number of rotatable bonds is 8. The van der Waals surface area contributed by atoms with Gasteiger partial charge >= 0.3 is 0 Å². The normalized spacial score (nSPS) is 14.7. The fourth-order valence-electron chi connectivity index (χ4n) is 4.17. The Bertz CT molecular complexity index is 1210. The number of aromatic nitrogens is 2. The number of pyridine rings is 2. The lowest BCUT2D eigenvalue weighted by Gasteiger charge is -2.34. The summed E-state index contributed by atoms with van der Waals surface area (Å²) in [4.78, 5) is 16.3. The molecule has 3 heterocycles. The van der Waals surface area contributed by atoms with E-state index in [0.29, 0.717) is 36.2 Å². The molecular formula is C26H29FN2O4. The van der Waals surface area contributed by atoms with Gasteiger partial charge in [-0.1, -0.05) is 19.9 Å². The van der Waals surface area contributed by atoms with Gasteiger partial charge in [-0.3, -0.25) is 4.79 Å². The van der Waals surface area contributed by atoms with Gasteiger partial charge in [-0.25, -0.2) is 0 Å². The van der Waals surface area contributed by atoms with E-state index >= 15 is 0 Å². The van der Waals surface area contributed by atoms with Gasteiger partial charge in [-0.15, -0.1) is 0 Å². The molecule has 6 nitrogen and oxygen atoms in total. The summed E-state index contributed by atoms with van der Waals surface area (Å²) in [6, 6.07) is 10.1. The van der Waals surface area contributed by atoms with Crippen LogP contribution < -0.4 is 14.9 Å². The Labute approximate surface area is 193 Å². The summed E-state index contributed by atoms with van der Waals surface area (Å²) in [5.74, 6) is 0.861. The number of benzene rings is 1. The van der Waals surface area contributed by atoms with Crippen molar-refractivity contribution >= 4 is 0 Å². The van der Waals surface area contributed by atoms with Crippen LogP contribution in [-0.2, 0) is 11.2 Å². The Hall–Kier alpha value is -3.19. The van der Waals surface area contributed by atoms with Crippen molar-refractivity contribution < 1.29 is 18.6 Å². The monoisotopic (exact) mass is 452 g/mol. The van der Waals surface area contributed by atoms with Crippen LogP contribution in [0.1, 0.15) is 37.4 Å². The smallest absolute Gasteiger partial charge is 0.222 e.